The van der Waals surface area contributed by atoms with Gasteiger partial charge in [-0.15, -0.1) is 0 Å². The second kappa shape index (κ2) is 5.57. The molecular formula is C14H27N3O. The van der Waals surface area contributed by atoms with E-state index in [0.29, 0.717) is 12.1 Å². The van der Waals surface area contributed by atoms with Crippen LogP contribution in [0, 0.1) is 5.41 Å². The Kier molecular flexibility index (Phi) is 4.28. The van der Waals surface area contributed by atoms with Gasteiger partial charge in [-0.05, 0) is 39.7 Å². The molecule has 0 spiro atoms. The van der Waals surface area contributed by atoms with Gasteiger partial charge in [0.05, 0.1) is 11.6 Å². The van der Waals surface area contributed by atoms with Gasteiger partial charge in [0.15, 0.2) is 0 Å². The number of nitrogens with one attached hydrogen (secondary N) is 1. The largest absolute Gasteiger partial charge is 0.325 e. The number of likely N-dealkylation sites (tertiary alicyclic amines) is 1. The van der Waals surface area contributed by atoms with E-state index in [1.54, 1.807) is 0 Å². The smallest absolute Gasteiger partial charge is 0.230 e. The van der Waals surface area contributed by atoms with Crippen LogP contribution in [0.4, 0.5) is 0 Å². The Morgan fingerprint density at radius 1 is 1.33 bits per heavy atom. The molecule has 1 N–H and O–H groups in total. The minimum atomic E-state index is -0.270. The van der Waals surface area contributed by atoms with E-state index in [1.165, 1.54) is 12.8 Å². The van der Waals surface area contributed by atoms with Gasteiger partial charge in [0.1, 0.15) is 0 Å². The first-order valence-electron chi connectivity index (χ1n) is 7.32. The van der Waals surface area contributed by atoms with Crippen LogP contribution in [-0.2, 0) is 4.79 Å². The van der Waals surface area contributed by atoms with Crippen molar-refractivity contribution in [1.82, 2.24) is 15.1 Å². The molecule has 1 unspecified atom stereocenters. The minimum absolute atomic E-state index is 0.270. The Balaban J connectivity index is 2.16. The number of carbonyl (C=O) groups excluding carboxylic acids is 1. The topological polar surface area (TPSA) is 35.6 Å². The fourth-order valence-corrected chi connectivity index (χ4v) is 3.15. The average molecular weight is 253 g/mol. The average Bonchev–Trinajstić information content (AvgIpc) is 2.50. The van der Waals surface area contributed by atoms with E-state index in [1.807, 2.05) is 0 Å². The van der Waals surface area contributed by atoms with E-state index >= 15 is 0 Å². The van der Waals surface area contributed by atoms with Crippen molar-refractivity contribution in [3.63, 3.8) is 0 Å². The number of piperidine rings is 1. The first-order valence-corrected chi connectivity index (χ1v) is 7.32. The lowest BCUT2D eigenvalue weighted by Crippen LogP contribution is -2.56. The van der Waals surface area contributed by atoms with E-state index in [0.717, 1.165) is 39.1 Å². The van der Waals surface area contributed by atoms with Crippen LogP contribution in [0.1, 0.15) is 40.0 Å². The van der Waals surface area contributed by atoms with Gasteiger partial charge in [-0.25, -0.2) is 0 Å². The summed E-state index contributed by atoms with van der Waals surface area (Å²) in [6, 6.07) is 0. The second-order valence-corrected chi connectivity index (χ2v) is 6.16. The van der Waals surface area contributed by atoms with Gasteiger partial charge in [0.25, 0.3) is 0 Å². The molecule has 0 aromatic heterocycles. The van der Waals surface area contributed by atoms with Gasteiger partial charge < -0.3 is 10.2 Å². The molecule has 2 aliphatic rings. The molecule has 4 heteroatoms. The molecule has 0 saturated carbocycles. The molecule has 0 aromatic carbocycles. The quantitative estimate of drug-likeness (QED) is 0.805. The third-order valence-electron chi connectivity index (χ3n) is 4.28. The van der Waals surface area contributed by atoms with Gasteiger partial charge in [-0.3, -0.25) is 9.69 Å². The maximum absolute atomic E-state index is 12.7. The van der Waals surface area contributed by atoms with E-state index < -0.39 is 0 Å². The van der Waals surface area contributed by atoms with Gasteiger partial charge >= 0.3 is 0 Å². The van der Waals surface area contributed by atoms with Crippen LogP contribution in [0.2, 0.25) is 0 Å². The lowest BCUT2D eigenvalue weighted by molar-refractivity contribution is -0.146. The van der Waals surface area contributed by atoms with Crippen molar-refractivity contribution in [3.05, 3.63) is 0 Å². The highest BCUT2D eigenvalue weighted by molar-refractivity contribution is 5.82. The Morgan fingerprint density at radius 2 is 2.11 bits per heavy atom. The molecule has 2 heterocycles. The molecular weight excluding hydrogens is 226 g/mol. The highest BCUT2D eigenvalue weighted by Crippen LogP contribution is 2.26. The fraction of sp³-hybridized carbons (Fsp3) is 0.929. The van der Waals surface area contributed by atoms with E-state index in [-0.39, 0.29) is 5.41 Å². The van der Waals surface area contributed by atoms with Gasteiger partial charge in [0, 0.05) is 26.2 Å². The van der Waals surface area contributed by atoms with Crippen LogP contribution in [-0.4, -0.2) is 54.6 Å². The molecule has 18 heavy (non-hydrogen) atoms. The number of hydrogen-bond donors (Lipinski definition) is 1. The molecule has 2 saturated heterocycles. The van der Waals surface area contributed by atoms with E-state index in [2.05, 4.69) is 35.9 Å². The summed E-state index contributed by atoms with van der Waals surface area (Å²) in [5.41, 5.74) is -0.270. The van der Waals surface area contributed by atoms with Gasteiger partial charge in [-0.2, -0.15) is 0 Å². The maximum atomic E-state index is 12.7. The summed E-state index contributed by atoms with van der Waals surface area (Å²) in [7, 11) is 0. The molecule has 0 aliphatic carbocycles. The zero-order chi connectivity index (χ0) is 13.2. The Hall–Kier alpha value is -0.610. The van der Waals surface area contributed by atoms with Crippen LogP contribution >= 0.6 is 0 Å². The third-order valence-corrected chi connectivity index (χ3v) is 4.28. The lowest BCUT2D eigenvalue weighted by atomic mass is 9.91. The lowest BCUT2D eigenvalue weighted by Gasteiger charge is -2.43. The summed E-state index contributed by atoms with van der Waals surface area (Å²) >= 11 is 0. The SMILES string of the molecule is CCN1CCCCC1N1CCNCC(C)(C)C1=O. The predicted molar refractivity (Wildman–Crippen MR) is 73.2 cm³/mol. The molecule has 2 fully saturated rings. The molecule has 1 atom stereocenters. The number of hydrogen-bond acceptors (Lipinski definition) is 3. The van der Waals surface area contributed by atoms with Crippen molar-refractivity contribution in [1.29, 1.82) is 0 Å². The Morgan fingerprint density at radius 3 is 2.83 bits per heavy atom. The van der Waals surface area contributed by atoms with E-state index in [4.69, 9.17) is 0 Å². The molecule has 0 aromatic rings. The van der Waals surface area contributed by atoms with Crippen LogP contribution < -0.4 is 5.32 Å². The standard InChI is InChI=1S/C14H27N3O/c1-4-16-9-6-5-7-12(16)17-10-8-15-11-14(2,3)13(17)18/h12,15H,4-11H2,1-3H3. The first-order chi connectivity index (χ1) is 8.56. The van der Waals surface area contributed by atoms with Gasteiger partial charge in [0.2, 0.25) is 5.91 Å². The molecule has 2 aliphatic heterocycles. The molecule has 1 amide bonds. The van der Waals surface area contributed by atoms with Crippen molar-refractivity contribution in [2.75, 3.05) is 32.7 Å². The molecule has 2 rings (SSSR count). The van der Waals surface area contributed by atoms with Crippen molar-refractivity contribution >= 4 is 5.91 Å². The summed E-state index contributed by atoms with van der Waals surface area (Å²) in [6.07, 6.45) is 3.98. The number of nitrogens with zero attached hydrogens (tertiary/aromatic N) is 2. The fourth-order valence-electron chi connectivity index (χ4n) is 3.15. The zero-order valence-corrected chi connectivity index (χ0v) is 12.0. The summed E-state index contributed by atoms with van der Waals surface area (Å²) in [5.74, 6) is 0.317. The number of carbonyl (C=O) groups is 1. The zero-order valence-electron chi connectivity index (χ0n) is 12.0. The van der Waals surface area contributed by atoms with Crippen LogP contribution in [0.5, 0.6) is 0 Å². The van der Waals surface area contributed by atoms with Crippen molar-refractivity contribution in [2.24, 2.45) is 5.41 Å². The summed E-state index contributed by atoms with van der Waals surface area (Å²) in [4.78, 5) is 17.3. The maximum Gasteiger partial charge on any atom is 0.230 e. The number of rotatable bonds is 2. The Bertz CT molecular complexity index is 303. The monoisotopic (exact) mass is 253 g/mol. The van der Waals surface area contributed by atoms with Crippen LogP contribution in [0.25, 0.3) is 0 Å². The van der Waals surface area contributed by atoms with Crippen molar-refractivity contribution < 1.29 is 4.79 Å². The first kappa shape index (κ1) is 13.8. The summed E-state index contributed by atoms with van der Waals surface area (Å²) in [5, 5.41) is 3.39. The highest BCUT2D eigenvalue weighted by Gasteiger charge is 2.39. The Labute approximate surface area is 111 Å². The second-order valence-electron chi connectivity index (χ2n) is 6.16. The third kappa shape index (κ3) is 2.69. The summed E-state index contributed by atoms with van der Waals surface area (Å²) in [6.45, 7) is 11.1. The van der Waals surface area contributed by atoms with E-state index in [9.17, 15) is 4.79 Å². The minimum Gasteiger partial charge on any atom is -0.325 e. The van der Waals surface area contributed by atoms with Crippen molar-refractivity contribution in [2.45, 2.75) is 46.2 Å². The number of amides is 1. The molecule has 0 bridgehead atoms. The van der Waals surface area contributed by atoms with Crippen LogP contribution in [0.3, 0.4) is 0 Å². The predicted octanol–water partition coefficient (Wildman–Crippen LogP) is 1.28. The van der Waals surface area contributed by atoms with Crippen molar-refractivity contribution in [3.8, 4) is 0 Å². The molecule has 0 radical (unpaired) electrons. The normalized spacial score (nSPS) is 30.3. The summed E-state index contributed by atoms with van der Waals surface area (Å²) < 4.78 is 0. The van der Waals surface area contributed by atoms with Crippen LogP contribution in [0.15, 0.2) is 0 Å². The van der Waals surface area contributed by atoms with Gasteiger partial charge in [-0.1, -0.05) is 6.92 Å². The molecule has 104 valence electrons. The molecule has 4 nitrogen and oxygen atoms in total. The highest BCUT2D eigenvalue weighted by atomic mass is 16.2.